The van der Waals surface area contributed by atoms with Gasteiger partial charge in [-0.15, -0.1) is 11.6 Å². The Kier molecular flexibility index (Phi) is 6.65. The van der Waals surface area contributed by atoms with E-state index in [4.69, 9.17) is 16.3 Å². The lowest BCUT2D eigenvalue weighted by atomic mass is 10.0. The van der Waals surface area contributed by atoms with E-state index in [2.05, 4.69) is 0 Å². The van der Waals surface area contributed by atoms with Gasteiger partial charge in [-0.05, 0) is 32.1 Å². The second kappa shape index (κ2) is 7.64. The minimum Gasteiger partial charge on any atom is -0.378 e. The zero-order chi connectivity index (χ0) is 9.36. The highest BCUT2D eigenvalue weighted by Gasteiger charge is 2.12. The third-order valence-electron chi connectivity index (χ3n) is 2.68. The molecule has 0 aliphatic carbocycles. The number of hydrogen-bond donors (Lipinski definition) is 0. The van der Waals surface area contributed by atoms with Crippen molar-refractivity contribution in [3.05, 3.63) is 0 Å². The van der Waals surface area contributed by atoms with Crippen molar-refractivity contribution in [2.75, 3.05) is 12.5 Å². The number of rotatable bonds is 6. The Labute approximate surface area is 86.8 Å². The van der Waals surface area contributed by atoms with Gasteiger partial charge >= 0.3 is 0 Å². The Morgan fingerprint density at radius 1 is 1.08 bits per heavy atom. The smallest absolute Gasteiger partial charge is 0.0575 e. The van der Waals surface area contributed by atoms with E-state index in [1.165, 1.54) is 51.4 Å². The van der Waals surface area contributed by atoms with Crippen LogP contribution in [0.1, 0.15) is 51.4 Å². The molecular weight excluding hydrogens is 184 g/mol. The number of unbranched alkanes of at least 4 members (excludes halogenated alkanes) is 3. The van der Waals surface area contributed by atoms with Gasteiger partial charge in [-0.2, -0.15) is 0 Å². The Bertz CT molecular complexity index is 111. The molecule has 0 aromatic carbocycles. The quantitative estimate of drug-likeness (QED) is 0.473. The molecule has 13 heavy (non-hydrogen) atoms. The fourth-order valence-corrected chi connectivity index (χ4v) is 2.04. The highest BCUT2D eigenvalue weighted by molar-refractivity contribution is 6.17. The van der Waals surface area contributed by atoms with Gasteiger partial charge in [0.05, 0.1) is 6.10 Å². The van der Waals surface area contributed by atoms with Crippen LogP contribution in [-0.4, -0.2) is 18.6 Å². The Morgan fingerprint density at radius 2 is 1.92 bits per heavy atom. The van der Waals surface area contributed by atoms with Crippen molar-refractivity contribution in [3.63, 3.8) is 0 Å². The topological polar surface area (TPSA) is 9.23 Å². The summed E-state index contributed by atoms with van der Waals surface area (Å²) in [5.41, 5.74) is 0. The van der Waals surface area contributed by atoms with Crippen molar-refractivity contribution < 1.29 is 4.74 Å². The van der Waals surface area contributed by atoms with E-state index in [0.717, 1.165) is 12.5 Å². The van der Waals surface area contributed by atoms with E-state index in [9.17, 15) is 0 Å². The third kappa shape index (κ3) is 5.53. The van der Waals surface area contributed by atoms with Crippen LogP contribution in [0.3, 0.4) is 0 Å². The number of halogens is 1. The first-order valence-corrected chi connectivity index (χ1v) is 6.14. The van der Waals surface area contributed by atoms with Crippen molar-refractivity contribution in [1.82, 2.24) is 0 Å². The average molecular weight is 205 g/mol. The van der Waals surface area contributed by atoms with E-state index in [0.29, 0.717) is 6.10 Å². The van der Waals surface area contributed by atoms with Crippen molar-refractivity contribution in [2.24, 2.45) is 0 Å². The van der Waals surface area contributed by atoms with Crippen LogP contribution >= 0.6 is 11.6 Å². The molecule has 1 heterocycles. The summed E-state index contributed by atoms with van der Waals surface area (Å²) in [5.74, 6) is 0.819. The lowest BCUT2D eigenvalue weighted by molar-refractivity contribution is 0.00979. The van der Waals surface area contributed by atoms with Crippen LogP contribution in [0.25, 0.3) is 0 Å². The zero-order valence-corrected chi connectivity index (χ0v) is 9.19. The van der Waals surface area contributed by atoms with Gasteiger partial charge in [-0.3, -0.25) is 0 Å². The minimum atomic E-state index is 0.574. The standard InChI is InChI=1S/C11H21ClO/c12-9-5-2-1-3-7-11-8-4-6-10-13-11/h11H,1-10H2. The minimum absolute atomic E-state index is 0.574. The van der Waals surface area contributed by atoms with Crippen LogP contribution in [0.5, 0.6) is 0 Å². The molecular formula is C11H21ClO. The molecule has 0 bridgehead atoms. The molecule has 0 saturated carbocycles. The maximum atomic E-state index is 5.66. The molecule has 2 heteroatoms. The molecule has 1 nitrogen and oxygen atoms in total. The van der Waals surface area contributed by atoms with Gasteiger partial charge in [-0.1, -0.05) is 19.3 Å². The van der Waals surface area contributed by atoms with E-state index >= 15 is 0 Å². The SMILES string of the molecule is ClCCCCCCC1CCCCO1. The summed E-state index contributed by atoms with van der Waals surface area (Å²) in [6.45, 7) is 0.992. The molecule has 1 aliphatic heterocycles. The summed E-state index contributed by atoms with van der Waals surface area (Å²) in [6, 6.07) is 0. The van der Waals surface area contributed by atoms with E-state index in [1.807, 2.05) is 0 Å². The molecule has 1 fully saturated rings. The monoisotopic (exact) mass is 204 g/mol. The second-order valence-electron chi connectivity index (χ2n) is 3.88. The van der Waals surface area contributed by atoms with Crippen molar-refractivity contribution >= 4 is 11.6 Å². The van der Waals surface area contributed by atoms with E-state index < -0.39 is 0 Å². The summed E-state index contributed by atoms with van der Waals surface area (Å²) in [5, 5.41) is 0. The van der Waals surface area contributed by atoms with Crippen molar-refractivity contribution in [3.8, 4) is 0 Å². The molecule has 0 spiro atoms. The molecule has 0 aromatic heterocycles. The number of alkyl halides is 1. The molecule has 0 amide bonds. The van der Waals surface area contributed by atoms with E-state index in [1.54, 1.807) is 0 Å². The highest BCUT2D eigenvalue weighted by Crippen LogP contribution is 2.18. The van der Waals surface area contributed by atoms with Gasteiger partial charge < -0.3 is 4.74 Å². The maximum Gasteiger partial charge on any atom is 0.0575 e. The summed E-state index contributed by atoms with van der Waals surface area (Å²) in [7, 11) is 0. The zero-order valence-electron chi connectivity index (χ0n) is 8.43. The largest absolute Gasteiger partial charge is 0.378 e. The molecule has 78 valence electrons. The first-order valence-electron chi connectivity index (χ1n) is 5.61. The molecule has 1 atom stereocenters. The molecule has 0 N–H and O–H groups in total. The Balaban J connectivity index is 1.86. The van der Waals surface area contributed by atoms with E-state index in [-0.39, 0.29) is 0 Å². The van der Waals surface area contributed by atoms with Gasteiger partial charge in [0, 0.05) is 12.5 Å². The van der Waals surface area contributed by atoms with Gasteiger partial charge in [0.1, 0.15) is 0 Å². The highest BCUT2D eigenvalue weighted by atomic mass is 35.5. The molecule has 1 saturated heterocycles. The fraction of sp³-hybridized carbons (Fsp3) is 1.00. The first-order chi connectivity index (χ1) is 6.43. The summed E-state index contributed by atoms with van der Waals surface area (Å²) >= 11 is 5.60. The lowest BCUT2D eigenvalue weighted by Crippen LogP contribution is -2.18. The molecule has 1 rings (SSSR count). The Morgan fingerprint density at radius 3 is 2.62 bits per heavy atom. The van der Waals surface area contributed by atoms with Gasteiger partial charge in [0.25, 0.3) is 0 Å². The Hall–Kier alpha value is 0.250. The molecule has 0 aromatic rings. The predicted octanol–water partition coefficient (Wildman–Crippen LogP) is 3.74. The summed E-state index contributed by atoms with van der Waals surface area (Å²) in [4.78, 5) is 0. The fourth-order valence-electron chi connectivity index (χ4n) is 1.86. The van der Waals surface area contributed by atoms with Gasteiger partial charge in [0.2, 0.25) is 0 Å². The number of hydrogen-bond acceptors (Lipinski definition) is 1. The predicted molar refractivity (Wildman–Crippen MR) is 57.4 cm³/mol. The lowest BCUT2D eigenvalue weighted by Gasteiger charge is -2.22. The van der Waals surface area contributed by atoms with Crippen molar-refractivity contribution in [1.29, 1.82) is 0 Å². The van der Waals surface area contributed by atoms with Crippen LogP contribution in [0.2, 0.25) is 0 Å². The summed E-state index contributed by atoms with van der Waals surface area (Å²) in [6.07, 6.45) is 10.9. The molecule has 1 unspecified atom stereocenters. The van der Waals surface area contributed by atoms with Gasteiger partial charge in [-0.25, -0.2) is 0 Å². The van der Waals surface area contributed by atoms with Crippen LogP contribution in [-0.2, 0) is 4.74 Å². The first kappa shape index (κ1) is 11.3. The summed E-state index contributed by atoms with van der Waals surface area (Å²) < 4.78 is 5.66. The maximum absolute atomic E-state index is 5.66. The normalized spacial score (nSPS) is 23.3. The second-order valence-corrected chi connectivity index (χ2v) is 4.26. The van der Waals surface area contributed by atoms with Crippen LogP contribution in [0.15, 0.2) is 0 Å². The van der Waals surface area contributed by atoms with Crippen LogP contribution < -0.4 is 0 Å². The van der Waals surface area contributed by atoms with Gasteiger partial charge in [0.15, 0.2) is 0 Å². The van der Waals surface area contributed by atoms with Crippen molar-refractivity contribution in [2.45, 2.75) is 57.5 Å². The molecule has 0 radical (unpaired) electrons. The number of ether oxygens (including phenoxy) is 1. The molecule has 1 aliphatic rings. The third-order valence-corrected chi connectivity index (χ3v) is 2.95. The average Bonchev–Trinajstić information content (AvgIpc) is 2.19. The van der Waals surface area contributed by atoms with Crippen LogP contribution in [0.4, 0.5) is 0 Å². The van der Waals surface area contributed by atoms with Crippen LogP contribution in [0, 0.1) is 0 Å².